The minimum absolute atomic E-state index is 0.0807. The van der Waals surface area contributed by atoms with Crippen molar-refractivity contribution < 1.29 is 4.79 Å². The zero-order valence-corrected chi connectivity index (χ0v) is 10.9. The van der Waals surface area contributed by atoms with E-state index in [4.69, 9.17) is 0 Å². The summed E-state index contributed by atoms with van der Waals surface area (Å²) >= 11 is 1.63. The molecule has 2 aromatic rings. The molecule has 0 aliphatic heterocycles. The molecule has 0 bridgehead atoms. The summed E-state index contributed by atoms with van der Waals surface area (Å²) < 4.78 is 0. The smallest absolute Gasteiger partial charge is 0.230 e. The Morgan fingerprint density at radius 1 is 1.17 bits per heavy atom. The van der Waals surface area contributed by atoms with Gasteiger partial charge in [-0.15, -0.1) is 11.8 Å². The molecule has 0 aliphatic carbocycles. The van der Waals surface area contributed by atoms with E-state index in [2.05, 4.69) is 22.4 Å². The van der Waals surface area contributed by atoms with Crippen LogP contribution < -0.4 is 5.32 Å². The zero-order chi connectivity index (χ0) is 12.6. The van der Waals surface area contributed by atoms with E-state index in [1.54, 1.807) is 11.8 Å². The number of aromatic nitrogens is 1. The number of thioether (sulfide) groups is 1. The van der Waals surface area contributed by atoms with E-state index in [-0.39, 0.29) is 5.91 Å². The predicted octanol–water partition coefficient (Wildman–Crippen LogP) is 2.56. The molecular weight excluding hydrogens is 244 g/mol. The van der Waals surface area contributed by atoms with Crippen LogP contribution in [-0.2, 0) is 17.1 Å². The van der Waals surface area contributed by atoms with Crippen LogP contribution >= 0.6 is 11.8 Å². The van der Waals surface area contributed by atoms with E-state index in [1.165, 1.54) is 5.56 Å². The van der Waals surface area contributed by atoms with Gasteiger partial charge in [-0.1, -0.05) is 30.3 Å². The van der Waals surface area contributed by atoms with Crippen LogP contribution in [0.3, 0.4) is 0 Å². The lowest BCUT2D eigenvalue weighted by molar-refractivity contribution is -0.118. The SMILES string of the molecule is O=C(CSCc1ccccc1)NCc1cc[nH]c1. The monoisotopic (exact) mass is 260 g/mol. The summed E-state index contributed by atoms with van der Waals surface area (Å²) in [6, 6.07) is 12.1. The van der Waals surface area contributed by atoms with Crippen LogP contribution in [0, 0.1) is 0 Å². The number of aromatic amines is 1. The van der Waals surface area contributed by atoms with Crippen LogP contribution in [0.15, 0.2) is 48.8 Å². The quantitative estimate of drug-likeness (QED) is 0.838. The summed E-state index contributed by atoms with van der Waals surface area (Å²) in [5.74, 6) is 1.45. The Balaban J connectivity index is 1.63. The maximum absolute atomic E-state index is 11.6. The van der Waals surface area contributed by atoms with Gasteiger partial charge in [0.05, 0.1) is 5.75 Å². The van der Waals surface area contributed by atoms with Crippen molar-refractivity contribution in [2.24, 2.45) is 0 Å². The number of hydrogen-bond donors (Lipinski definition) is 2. The molecular formula is C14H16N2OS. The summed E-state index contributed by atoms with van der Waals surface area (Å²) in [5.41, 5.74) is 2.34. The van der Waals surface area contributed by atoms with Crippen LogP contribution in [0.5, 0.6) is 0 Å². The highest BCUT2D eigenvalue weighted by Crippen LogP contribution is 2.11. The van der Waals surface area contributed by atoms with Crippen LogP contribution in [0.2, 0.25) is 0 Å². The molecule has 4 heteroatoms. The van der Waals surface area contributed by atoms with Crippen molar-refractivity contribution in [2.75, 3.05) is 5.75 Å². The van der Waals surface area contributed by atoms with Crippen LogP contribution in [-0.4, -0.2) is 16.6 Å². The minimum atomic E-state index is 0.0807. The summed E-state index contributed by atoms with van der Waals surface area (Å²) in [7, 11) is 0. The molecule has 0 atom stereocenters. The fraction of sp³-hybridized carbons (Fsp3) is 0.214. The Hall–Kier alpha value is -1.68. The van der Waals surface area contributed by atoms with E-state index in [0.717, 1.165) is 11.3 Å². The second-order valence-corrected chi connectivity index (χ2v) is 4.96. The van der Waals surface area contributed by atoms with Crippen LogP contribution in [0.1, 0.15) is 11.1 Å². The Morgan fingerprint density at radius 3 is 2.72 bits per heavy atom. The number of amides is 1. The molecule has 0 saturated carbocycles. The van der Waals surface area contributed by atoms with Crippen molar-refractivity contribution in [1.82, 2.24) is 10.3 Å². The van der Waals surface area contributed by atoms with Crippen molar-refractivity contribution in [3.63, 3.8) is 0 Å². The van der Waals surface area contributed by atoms with Gasteiger partial charge in [0, 0.05) is 24.7 Å². The van der Waals surface area contributed by atoms with Crippen molar-refractivity contribution in [1.29, 1.82) is 0 Å². The highest BCUT2D eigenvalue weighted by molar-refractivity contribution is 7.99. The van der Waals surface area contributed by atoms with E-state index in [0.29, 0.717) is 12.3 Å². The van der Waals surface area contributed by atoms with Gasteiger partial charge in [-0.2, -0.15) is 0 Å². The third-order valence-electron chi connectivity index (χ3n) is 2.50. The molecule has 2 N–H and O–H groups in total. The Bertz CT molecular complexity index is 468. The lowest BCUT2D eigenvalue weighted by atomic mass is 10.2. The van der Waals surface area contributed by atoms with Gasteiger partial charge in [-0.3, -0.25) is 4.79 Å². The first-order valence-corrected chi connectivity index (χ1v) is 7.00. The van der Waals surface area contributed by atoms with Crippen LogP contribution in [0.4, 0.5) is 0 Å². The van der Waals surface area contributed by atoms with Crippen molar-refractivity contribution in [3.8, 4) is 0 Å². The van der Waals surface area contributed by atoms with Gasteiger partial charge in [0.25, 0.3) is 0 Å². The van der Waals surface area contributed by atoms with E-state index < -0.39 is 0 Å². The molecule has 1 amide bonds. The molecule has 0 aliphatic rings. The number of rotatable bonds is 6. The number of benzene rings is 1. The number of nitrogens with one attached hydrogen (secondary N) is 2. The number of H-pyrrole nitrogens is 1. The first kappa shape index (κ1) is 12.8. The normalized spacial score (nSPS) is 10.2. The van der Waals surface area contributed by atoms with Crippen molar-refractivity contribution in [2.45, 2.75) is 12.3 Å². The molecule has 2 rings (SSSR count). The van der Waals surface area contributed by atoms with Gasteiger partial charge in [-0.05, 0) is 17.2 Å². The highest BCUT2D eigenvalue weighted by atomic mass is 32.2. The lowest BCUT2D eigenvalue weighted by Crippen LogP contribution is -2.24. The summed E-state index contributed by atoms with van der Waals surface area (Å²) in [4.78, 5) is 14.5. The molecule has 1 aromatic heterocycles. The molecule has 1 aromatic carbocycles. The third kappa shape index (κ3) is 4.30. The van der Waals surface area contributed by atoms with Gasteiger partial charge in [0.15, 0.2) is 0 Å². The van der Waals surface area contributed by atoms with Gasteiger partial charge in [0.1, 0.15) is 0 Å². The van der Waals surface area contributed by atoms with Crippen molar-refractivity contribution >= 4 is 17.7 Å². The standard InChI is InChI=1S/C14H16N2OS/c17-14(16-9-13-6-7-15-8-13)11-18-10-12-4-2-1-3-5-12/h1-8,15H,9-11H2,(H,16,17). The molecule has 0 radical (unpaired) electrons. The average Bonchev–Trinajstić information content (AvgIpc) is 2.91. The maximum atomic E-state index is 11.6. The summed E-state index contributed by atoms with van der Waals surface area (Å²) in [6.45, 7) is 0.591. The molecule has 1 heterocycles. The van der Waals surface area contributed by atoms with Crippen LogP contribution in [0.25, 0.3) is 0 Å². The highest BCUT2D eigenvalue weighted by Gasteiger charge is 2.02. The van der Waals surface area contributed by atoms with E-state index >= 15 is 0 Å². The topological polar surface area (TPSA) is 44.9 Å². The number of carbonyl (C=O) groups excluding carboxylic acids is 1. The average molecular weight is 260 g/mol. The Morgan fingerprint density at radius 2 is 2.00 bits per heavy atom. The molecule has 0 spiro atoms. The molecule has 0 unspecified atom stereocenters. The van der Waals surface area contributed by atoms with E-state index in [1.807, 2.05) is 36.7 Å². The molecule has 3 nitrogen and oxygen atoms in total. The lowest BCUT2D eigenvalue weighted by Gasteiger charge is -2.04. The van der Waals surface area contributed by atoms with Gasteiger partial charge in [-0.25, -0.2) is 0 Å². The second-order valence-electron chi connectivity index (χ2n) is 3.97. The summed E-state index contributed by atoms with van der Waals surface area (Å²) in [6.07, 6.45) is 3.74. The fourth-order valence-electron chi connectivity index (χ4n) is 1.56. The van der Waals surface area contributed by atoms with Gasteiger partial charge >= 0.3 is 0 Å². The fourth-order valence-corrected chi connectivity index (χ4v) is 2.37. The van der Waals surface area contributed by atoms with Crippen molar-refractivity contribution in [3.05, 3.63) is 59.9 Å². The Kier molecular flexibility index (Phi) is 4.90. The van der Waals surface area contributed by atoms with E-state index in [9.17, 15) is 4.79 Å². The van der Waals surface area contributed by atoms with Gasteiger partial charge < -0.3 is 10.3 Å². The largest absolute Gasteiger partial charge is 0.367 e. The van der Waals surface area contributed by atoms with Gasteiger partial charge in [0.2, 0.25) is 5.91 Å². The predicted molar refractivity (Wildman–Crippen MR) is 75.2 cm³/mol. The second kappa shape index (κ2) is 6.91. The molecule has 94 valence electrons. The molecule has 0 fully saturated rings. The molecule has 0 saturated heterocycles. The Labute approximate surface area is 111 Å². The summed E-state index contributed by atoms with van der Waals surface area (Å²) in [5, 5.41) is 2.89. The minimum Gasteiger partial charge on any atom is -0.367 e. The maximum Gasteiger partial charge on any atom is 0.230 e. The molecule has 18 heavy (non-hydrogen) atoms. The first-order valence-electron chi connectivity index (χ1n) is 5.84. The number of hydrogen-bond acceptors (Lipinski definition) is 2. The number of carbonyl (C=O) groups is 1. The third-order valence-corrected chi connectivity index (χ3v) is 3.50. The zero-order valence-electron chi connectivity index (χ0n) is 10.1. The first-order chi connectivity index (χ1) is 8.84.